The molecule has 0 atom stereocenters. The second-order valence-electron chi connectivity index (χ2n) is 4.68. The molecule has 2 rings (SSSR count). The Morgan fingerprint density at radius 1 is 1.13 bits per heavy atom. The summed E-state index contributed by atoms with van der Waals surface area (Å²) in [5.41, 5.74) is 1.62. The molecule has 0 amide bonds. The topological polar surface area (TPSA) is 59.0 Å². The van der Waals surface area contributed by atoms with Crippen LogP contribution in [0.3, 0.4) is 0 Å². The van der Waals surface area contributed by atoms with E-state index in [1.807, 2.05) is 12.1 Å². The van der Waals surface area contributed by atoms with E-state index < -0.39 is 0 Å². The molecule has 7 heteroatoms. The minimum atomic E-state index is -0.359. The van der Waals surface area contributed by atoms with Crippen molar-refractivity contribution in [2.45, 2.75) is 13.3 Å². The van der Waals surface area contributed by atoms with E-state index in [0.717, 1.165) is 10.6 Å². The van der Waals surface area contributed by atoms with E-state index in [-0.39, 0.29) is 12.6 Å². The molecule has 0 aliphatic carbocycles. The van der Waals surface area contributed by atoms with Gasteiger partial charge in [-0.2, -0.15) is 5.01 Å². The van der Waals surface area contributed by atoms with Gasteiger partial charge < -0.3 is 4.74 Å². The first-order valence-electron chi connectivity index (χ1n) is 6.83. The number of nitrogens with zero attached hydrogens (tertiary/aromatic N) is 2. The minimum Gasteiger partial charge on any atom is -0.466 e. The van der Waals surface area contributed by atoms with Crippen molar-refractivity contribution in [3.05, 3.63) is 63.0 Å². The molecule has 0 N–H and O–H groups in total. The van der Waals surface area contributed by atoms with Gasteiger partial charge in [0.25, 0.3) is 0 Å². The standard InChI is InChI=1S/C16H14Cl2N2O3/c1-11(21)23-10-9-12-5-2-3-8-15(12)20(19-22)16-13(17)6-4-7-14(16)18/h2-8H,9-10H2,1H3. The van der Waals surface area contributed by atoms with Gasteiger partial charge in [0.2, 0.25) is 0 Å². The van der Waals surface area contributed by atoms with Crippen LogP contribution in [0.25, 0.3) is 0 Å². The maximum absolute atomic E-state index is 11.4. The number of carbonyl (C=O) groups excluding carboxylic acids is 1. The third-order valence-electron chi connectivity index (χ3n) is 3.13. The van der Waals surface area contributed by atoms with Gasteiger partial charge >= 0.3 is 5.97 Å². The van der Waals surface area contributed by atoms with Crippen LogP contribution in [-0.2, 0) is 16.0 Å². The molecule has 120 valence electrons. The molecular formula is C16H14Cl2N2O3. The lowest BCUT2D eigenvalue weighted by Gasteiger charge is -2.21. The molecule has 0 saturated carbocycles. The average molecular weight is 353 g/mol. The van der Waals surface area contributed by atoms with Gasteiger partial charge in [-0.15, -0.1) is 4.91 Å². The van der Waals surface area contributed by atoms with Gasteiger partial charge in [-0.1, -0.05) is 47.5 Å². The fourth-order valence-electron chi connectivity index (χ4n) is 2.13. The maximum atomic E-state index is 11.4. The van der Waals surface area contributed by atoms with Crippen LogP contribution in [0.15, 0.2) is 47.8 Å². The van der Waals surface area contributed by atoms with Crippen LogP contribution in [0.1, 0.15) is 12.5 Å². The van der Waals surface area contributed by atoms with Crippen LogP contribution in [0.4, 0.5) is 11.4 Å². The number of carbonyl (C=O) groups is 1. The molecule has 0 bridgehead atoms. The summed E-state index contributed by atoms with van der Waals surface area (Å²) in [5.74, 6) is -0.359. The largest absolute Gasteiger partial charge is 0.466 e. The molecule has 0 spiro atoms. The number of benzene rings is 2. The zero-order chi connectivity index (χ0) is 16.8. The Labute approximate surface area is 143 Å². The first-order chi connectivity index (χ1) is 11.0. The highest BCUT2D eigenvalue weighted by Gasteiger charge is 2.19. The second-order valence-corrected chi connectivity index (χ2v) is 5.50. The maximum Gasteiger partial charge on any atom is 0.302 e. The van der Waals surface area contributed by atoms with E-state index >= 15 is 0 Å². The Balaban J connectivity index is 2.38. The van der Waals surface area contributed by atoms with Crippen molar-refractivity contribution >= 4 is 40.5 Å². The normalized spacial score (nSPS) is 10.2. The number of para-hydroxylation sites is 2. The molecule has 0 aromatic heterocycles. The minimum absolute atomic E-state index is 0.204. The molecule has 0 radical (unpaired) electrons. The fourth-order valence-corrected chi connectivity index (χ4v) is 2.69. The number of nitroso groups, excluding NO2 is 1. The number of esters is 1. The van der Waals surface area contributed by atoms with Crippen LogP contribution < -0.4 is 5.01 Å². The molecule has 23 heavy (non-hydrogen) atoms. The van der Waals surface area contributed by atoms with Crippen molar-refractivity contribution in [1.82, 2.24) is 0 Å². The number of halogens is 2. The van der Waals surface area contributed by atoms with Gasteiger partial charge in [0.15, 0.2) is 0 Å². The molecule has 0 fully saturated rings. The lowest BCUT2D eigenvalue weighted by atomic mass is 10.1. The van der Waals surface area contributed by atoms with Crippen molar-refractivity contribution in [2.75, 3.05) is 11.6 Å². The third-order valence-corrected chi connectivity index (χ3v) is 3.74. The summed E-state index contributed by atoms with van der Waals surface area (Å²) in [6.45, 7) is 1.55. The van der Waals surface area contributed by atoms with Gasteiger partial charge in [0.05, 0.1) is 27.6 Å². The van der Waals surface area contributed by atoms with Crippen LogP contribution in [0.2, 0.25) is 10.0 Å². The predicted molar refractivity (Wildman–Crippen MR) is 91.2 cm³/mol. The van der Waals surface area contributed by atoms with Gasteiger partial charge in [0, 0.05) is 13.3 Å². The number of ether oxygens (including phenoxy) is 1. The quantitative estimate of drug-likeness (QED) is 0.420. The second kappa shape index (κ2) is 7.94. The average Bonchev–Trinajstić information content (AvgIpc) is 2.51. The Morgan fingerprint density at radius 2 is 1.78 bits per heavy atom. The summed E-state index contributed by atoms with van der Waals surface area (Å²) < 4.78 is 4.95. The summed E-state index contributed by atoms with van der Waals surface area (Å²) in [6.07, 6.45) is 0.434. The SMILES string of the molecule is CC(=O)OCCc1ccccc1N(N=O)c1c(Cl)cccc1Cl. The molecule has 2 aromatic rings. The van der Waals surface area contributed by atoms with Gasteiger partial charge in [-0.3, -0.25) is 4.79 Å². The summed E-state index contributed by atoms with van der Waals surface area (Å²) >= 11 is 12.3. The molecule has 0 saturated heterocycles. The van der Waals surface area contributed by atoms with Crippen molar-refractivity contribution in [3.63, 3.8) is 0 Å². The Hall–Kier alpha value is -2.11. The summed E-state index contributed by atoms with van der Waals surface area (Å²) in [6, 6.07) is 12.1. The van der Waals surface area contributed by atoms with Gasteiger partial charge in [-0.25, -0.2) is 0 Å². The molecule has 2 aromatic carbocycles. The molecular weight excluding hydrogens is 339 g/mol. The highest BCUT2D eigenvalue weighted by Crippen LogP contribution is 2.39. The molecule has 0 unspecified atom stereocenters. The Kier molecular flexibility index (Phi) is 5.96. The first-order valence-corrected chi connectivity index (χ1v) is 7.59. The van der Waals surface area contributed by atoms with E-state index in [9.17, 15) is 9.70 Å². The van der Waals surface area contributed by atoms with Crippen molar-refractivity contribution in [3.8, 4) is 0 Å². The smallest absolute Gasteiger partial charge is 0.302 e. The molecule has 0 heterocycles. The van der Waals surface area contributed by atoms with Crippen LogP contribution in [0, 0.1) is 4.91 Å². The summed E-state index contributed by atoms with van der Waals surface area (Å²) in [4.78, 5) is 22.3. The van der Waals surface area contributed by atoms with Crippen molar-refractivity contribution in [1.29, 1.82) is 0 Å². The summed E-state index contributed by atoms with van der Waals surface area (Å²) in [7, 11) is 0. The van der Waals surface area contributed by atoms with E-state index in [2.05, 4.69) is 5.29 Å². The zero-order valence-electron chi connectivity index (χ0n) is 12.3. The van der Waals surface area contributed by atoms with E-state index in [1.165, 1.54) is 6.92 Å². The van der Waals surface area contributed by atoms with E-state index in [1.54, 1.807) is 30.3 Å². The van der Waals surface area contributed by atoms with E-state index in [4.69, 9.17) is 27.9 Å². The summed E-state index contributed by atoms with van der Waals surface area (Å²) in [5, 5.41) is 4.83. The predicted octanol–water partition coefficient (Wildman–Crippen LogP) is 4.92. The third kappa shape index (κ3) is 4.21. The molecule has 0 aliphatic rings. The lowest BCUT2D eigenvalue weighted by Crippen LogP contribution is -2.13. The number of hydrogen-bond donors (Lipinski definition) is 0. The fraction of sp³-hybridized carbons (Fsp3) is 0.188. The van der Waals surface area contributed by atoms with Crippen molar-refractivity contribution < 1.29 is 9.53 Å². The first kappa shape index (κ1) is 17.2. The van der Waals surface area contributed by atoms with E-state index in [0.29, 0.717) is 27.8 Å². The van der Waals surface area contributed by atoms with Crippen LogP contribution in [0.5, 0.6) is 0 Å². The van der Waals surface area contributed by atoms with Crippen molar-refractivity contribution in [2.24, 2.45) is 5.29 Å². The van der Waals surface area contributed by atoms with Gasteiger partial charge in [0.1, 0.15) is 5.69 Å². The molecule has 5 nitrogen and oxygen atoms in total. The highest BCUT2D eigenvalue weighted by molar-refractivity contribution is 6.39. The van der Waals surface area contributed by atoms with Gasteiger partial charge in [-0.05, 0) is 23.8 Å². The zero-order valence-corrected chi connectivity index (χ0v) is 13.8. The Morgan fingerprint density at radius 3 is 2.39 bits per heavy atom. The Bertz CT molecular complexity index is 702. The lowest BCUT2D eigenvalue weighted by molar-refractivity contribution is -0.140. The monoisotopic (exact) mass is 352 g/mol. The number of rotatable bonds is 6. The van der Waals surface area contributed by atoms with Crippen LogP contribution in [-0.4, -0.2) is 12.6 Å². The molecule has 0 aliphatic heterocycles. The van der Waals surface area contributed by atoms with Crippen LogP contribution >= 0.6 is 23.2 Å². The number of hydrogen-bond acceptors (Lipinski definition) is 4. The number of anilines is 2. The highest BCUT2D eigenvalue weighted by atomic mass is 35.5.